The fraction of sp³-hybridized carbons (Fsp3) is 0.556. The molecule has 1 aromatic rings. The second-order valence-electron chi connectivity index (χ2n) is 6.96. The fourth-order valence-corrected chi connectivity index (χ4v) is 2.62. The van der Waals surface area contributed by atoms with Gasteiger partial charge in [0, 0.05) is 15.6 Å². The quantitative estimate of drug-likeness (QED) is 0.532. The Hall–Kier alpha value is -1.36. The molecule has 0 saturated heterocycles. The normalized spacial score (nSPS) is 11.5. The van der Waals surface area contributed by atoms with Crippen molar-refractivity contribution in [2.45, 2.75) is 53.6 Å². The van der Waals surface area contributed by atoms with Gasteiger partial charge in [-0.05, 0) is 52.2 Å². The summed E-state index contributed by atoms with van der Waals surface area (Å²) in [5.74, 6) is 0.448. The molecule has 0 N–H and O–H groups in total. The van der Waals surface area contributed by atoms with Crippen LogP contribution in [0.1, 0.15) is 57.5 Å². The average molecular weight is 385 g/mol. The van der Waals surface area contributed by atoms with Crippen molar-refractivity contribution < 1.29 is 19.1 Å². The van der Waals surface area contributed by atoms with Gasteiger partial charge in [-0.25, -0.2) is 4.79 Å². The molecule has 23 heavy (non-hydrogen) atoms. The van der Waals surface area contributed by atoms with Crippen molar-refractivity contribution in [1.82, 2.24) is 0 Å². The number of hydrogen-bond donors (Lipinski definition) is 0. The van der Waals surface area contributed by atoms with Crippen LogP contribution in [0.3, 0.4) is 0 Å². The first-order valence-electron chi connectivity index (χ1n) is 7.67. The van der Waals surface area contributed by atoms with Crippen LogP contribution in [0.2, 0.25) is 0 Å². The molecule has 0 aliphatic rings. The van der Waals surface area contributed by atoms with Crippen LogP contribution < -0.4 is 4.74 Å². The van der Waals surface area contributed by atoms with E-state index in [4.69, 9.17) is 9.47 Å². The predicted octanol–water partition coefficient (Wildman–Crippen LogP) is 4.57. The molecule has 128 valence electrons. The lowest BCUT2D eigenvalue weighted by Crippen LogP contribution is -2.27. The zero-order valence-electron chi connectivity index (χ0n) is 14.7. The van der Waals surface area contributed by atoms with E-state index in [0.717, 1.165) is 10.0 Å². The molecule has 0 atom stereocenters. The van der Waals surface area contributed by atoms with Crippen molar-refractivity contribution in [1.29, 1.82) is 0 Å². The third-order valence-electron chi connectivity index (χ3n) is 2.93. The van der Waals surface area contributed by atoms with Crippen LogP contribution >= 0.6 is 15.9 Å². The van der Waals surface area contributed by atoms with E-state index in [-0.39, 0.29) is 12.4 Å². The Morgan fingerprint density at radius 3 is 2.30 bits per heavy atom. The van der Waals surface area contributed by atoms with Gasteiger partial charge in [-0.2, -0.15) is 0 Å². The third kappa shape index (κ3) is 6.73. The minimum absolute atomic E-state index is 0.0240. The Bertz CT molecular complexity index is 585. The van der Waals surface area contributed by atoms with Crippen LogP contribution in [0.25, 0.3) is 0 Å². The number of rotatable bonds is 6. The molecule has 0 fully saturated rings. The standard InChI is InChI=1S/C18H25BrO4/c1-11(2)7-15-14(12(3)20)8-13(19)9-16(15)22-10-17(21)23-18(4,5)6/h8-9,11H,7,10H2,1-6H3. The van der Waals surface area contributed by atoms with Gasteiger partial charge in [0.15, 0.2) is 12.4 Å². The summed E-state index contributed by atoms with van der Waals surface area (Å²) in [6.45, 7) is 10.9. The van der Waals surface area contributed by atoms with E-state index in [2.05, 4.69) is 29.8 Å². The van der Waals surface area contributed by atoms with Gasteiger partial charge in [0.25, 0.3) is 0 Å². The van der Waals surface area contributed by atoms with Crippen molar-refractivity contribution in [2.24, 2.45) is 5.92 Å². The molecule has 4 nitrogen and oxygen atoms in total. The highest BCUT2D eigenvalue weighted by Gasteiger charge is 2.19. The van der Waals surface area contributed by atoms with Gasteiger partial charge in [-0.15, -0.1) is 0 Å². The summed E-state index contributed by atoms with van der Waals surface area (Å²) in [6.07, 6.45) is 0.700. The highest BCUT2D eigenvalue weighted by molar-refractivity contribution is 9.10. The van der Waals surface area contributed by atoms with Crippen LogP contribution in [0.4, 0.5) is 0 Å². The molecule has 1 rings (SSSR count). The maximum absolute atomic E-state index is 11.9. The van der Waals surface area contributed by atoms with Gasteiger partial charge >= 0.3 is 5.97 Å². The number of benzene rings is 1. The predicted molar refractivity (Wildman–Crippen MR) is 94.0 cm³/mol. The number of ketones is 1. The summed E-state index contributed by atoms with van der Waals surface area (Å²) in [5, 5.41) is 0. The summed E-state index contributed by atoms with van der Waals surface area (Å²) >= 11 is 3.39. The number of carbonyl (C=O) groups is 2. The van der Waals surface area contributed by atoms with Gasteiger partial charge < -0.3 is 9.47 Å². The van der Waals surface area contributed by atoms with Gasteiger partial charge in [-0.3, -0.25) is 4.79 Å². The van der Waals surface area contributed by atoms with E-state index in [1.165, 1.54) is 6.92 Å². The lowest BCUT2D eigenvalue weighted by molar-refractivity contribution is -0.157. The molecular formula is C18H25BrO4. The topological polar surface area (TPSA) is 52.6 Å². The lowest BCUT2D eigenvalue weighted by Gasteiger charge is -2.20. The van der Waals surface area contributed by atoms with E-state index in [1.54, 1.807) is 12.1 Å². The molecule has 5 heteroatoms. The number of hydrogen-bond acceptors (Lipinski definition) is 4. The Morgan fingerprint density at radius 2 is 1.83 bits per heavy atom. The molecule has 0 aliphatic heterocycles. The van der Waals surface area contributed by atoms with E-state index >= 15 is 0 Å². The fourth-order valence-electron chi connectivity index (χ4n) is 2.18. The molecule has 0 saturated carbocycles. The van der Waals surface area contributed by atoms with Crippen molar-refractivity contribution in [2.75, 3.05) is 6.61 Å². The van der Waals surface area contributed by atoms with Crippen molar-refractivity contribution in [3.05, 3.63) is 27.7 Å². The summed E-state index contributed by atoms with van der Waals surface area (Å²) in [5.41, 5.74) is 0.898. The van der Waals surface area contributed by atoms with Crippen LogP contribution in [0, 0.1) is 5.92 Å². The summed E-state index contributed by atoms with van der Waals surface area (Å²) in [7, 11) is 0. The molecular weight excluding hydrogens is 360 g/mol. The lowest BCUT2D eigenvalue weighted by atomic mass is 9.95. The van der Waals surface area contributed by atoms with Crippen LogP contribution in [0.5, 0.6) is 5.75 Å². The maximum Gasteiger partial charge on any atom is 0.344 e. The van der Waals surface area contributed by atoms with E-state index < -0.39 is 11.6 Å². The molecule has 0 aromatic heterocycles. The molecule has 0 bridgehead atoms. The summed E-state index contributed by atoms with van der Waals surface area (Å²) < 4.78 is 11.7. The van der Waals surface area contributed by atoms with Gasteiger partial charge in [0.05, 0.1) is 0 Å². The smallest absolute Gasteiger partial charge is 0.344 e. The van der Waals surface area contributed by atoms with Gasteiger partial charge in [-0.1, -0.05) is 29.8 Å². The number of esters is 1. The number of carbonyl (C=O) groups excluding carboxylic acids is 2. The molecule has 0 amide bonds. The Morgan fingerprint density at radius 1 is 1.22 bits per heavy atom. The van der Waals surface area contributed by atoms with E-state index in [9.17, 15) is 9.59 Å². The first-order chi connectivity index (χ1) is 10.5. The molecule has 0 radical (unpaired) electrons. The van der Waals surface area contributed by atoms with Gasteiger partial charge in [0.2, 0.25) is 0 Å². The van der Waals surface area contributed by atoms with Crippen molar-refractivity contribution in [3.8, 4) is 5.75 Å². The minimum atomic E-state index is -0.553. The van der Waals surface area contributed by atoms with Crippen LogP contribution in [0.15, 0.2) is 16.6 Å². The SMILES string of the molecule is CC(=O)c1cc(Br)cc(OCC(=O)OC(C)(C)C)c1CC(C)C. The second kappa shape index (κ2) is 7.95. The van der Waals surface area contributed by atoms with E-state index in [1.807, 2.05) is 20.8 Å². The zero-order valence-corrected chi connectivity index (χ0v) is 16.2. The minimum Gasteiger partial charge on any atom is -0.482 e. The van der Waals surface area contributed by atoms with Crippen molar-refractivity contribution >= 4 is 27.7 Å². The Balaban J connectivity index is 3.04. The molecule has 0 unspecified atom stereocenters. The summed E-state index contributed by atoms with van der Waals surface area (Å²) in [6, 6.07) is 3.58. The van der Waals surface area contributed by atoms with E-state index in [0.29, 0.717) is 23.7 Å². The van der Waals surface area contributed by atoms with Crippen LogP contribution in [-0.4, -0.2) is 24.0 Å². The first-order valence-corrected chi connectivity index (χ1v) is 8.47. The largest absolute Gasteiger partial charge is 0.482 e. The highest BCUT2D eigenvalue weighted by Crippen LogP contribution is 2.30. The van der Waals surface area contributed by atoms with Gasteiger partial charge in [0.1, 0.15) is 11.4 Å². The Labute approximate surface area is 146 Å². The molecule has 1 aromatic carbocycles. The maximum atomic E-state index is 11.9. The number of halogens is 1. The summed E-state index contributed by atoms with van der Waals surface area (Å²) in [4.78, 5) is 23.8. The molecule has 0 spiro atoms. The number of Topliss-reactive ketones (excluding diaryl/α,β-unsaturated/α-hetero) is 1. The average Bonchev–Trinajstić information content (AvgIpc) is 2.35. The third-order valence-corrected chi connectivity index (χ3v) is 3.39. The van der Waals surface area contributed by atoms with Crippen molar-refractivity contribution in [3.63, 3.8) is 0 Å². The molecule has 0 aliphatic carbocycles. The monoisotopic (exact) mass is 384 g/mol. The zero-order chi connectivity index (χ0) is 17.8. The number of ether oxygens (including phenoxy) is 2. The molecule has 0 heterocycles. The Kier molecular flexibility index (Phi) is 6.81. The second-order valence-corrected chi connectivity index (χ2v) is 7.87. The first kappa shape index (κ1) is 19.7. The van der Waals surface area contributed by atoms with Crippen LogP contribution in [-0.2, 0) is 16.0 Å². The highest BCUT2D eigenvalue weighted by atomic mass is 79.9.